The van der Waals surface area contributed by atoms with Crippen molar-refractivity contribution in [1.29, 1.82) is 0 Å². The molecule has 1 atom stereocenters. The molecule has 1 aromatic heterocycles. The van der Waals surface area contributed by atoms with Crippen LogP contribution in [0.5, 0.6) is 5.75 Å². The summed E-state index contributed by atoms with van der Waals surface area (Å²) in [5.41, 5.74) is 1.21. The van der Waals surface area contributed by atoms with Crippen molar-refractivity contribution in [1.82, 2.24) is 4.98 Å². The Kier molecular flexibility index (Phi) is 5.72. The van der Waals surface area contributed by atoms with Gasteiger partial charge in [0.2, 0.25) is 5.78 Å². The molecule has 0 fully saturated rings. The number of phenolic OH excluding ortho intramolecular Hbond substituents is 1. The molecule has 138 valence electrons. The second-order valence-corrected chi connectivity index (χ2v) is 6.13. The zero-order chi connectivity index (χ0) is 19.6. The van der Waals surface area contributed by atoms with Crippen molar-refractivity contribution in [2.75, 3.05) is 7.11 Å². The predicted octanol–water partition coefficient (Wildman–Crippen LogP) is 3.21. The van der Waals surface area contributed by atoms with Gasteiger partial charge in [-0.15, -0.1) is 0 Å². The van der Waals surface area contributed by atoms with E-state index in [1.54, 1.807) is 13.8 Å². The molecule has 0 saturated carbocycles. The van der Waals surface area contributed by atoms with Gasteiger partial charge in [0.05, 0.1) is 18.4 Å². The van der Waals surface area contributed by atoms with Crippen LogP contribution in [0.25, 0.3) is 0 Å². The molecule has 0 spiro atoms. The lowest BCUT2D eigenvalue weighted by molar-refractivity contribution is 0.0314. The van der Waals surface area contributed by atoms with Gasteiger partial charge in [-0.3, -0.25) is 4.79 Å². The quantitative estimate of drug-likeness (QED) is 0.610. The van der Waals surface area contributed by atoms with Gasteiger partial charge in [0.1, 0.15) is 11.3 Å². The monoisotopic (exact) mass is 379 g/mol. The number of rotatable bonds is 5. The number of aryl methyl sites for hydroxylation is 1. The van der Waals surface area contributed by atoms with Gasteiger partial charge in [0, 0.05) is 10.7 Å². The molecule has 0 saturated heterocycles. The van der Waals surface area contributed by atoms with Crippen LogP contribution in [0.15, 0.2) is 18.2 Å². The maximum atomic E-state index is 12.6. The summed E-state index contributed by atoms with van der Waals surface area (Å²) in [6.45, 7) is 4.64. The van der Waals surface area contributed by atoms with Crippen LogP contribution in [-0.2, 0) is 9.47 Å². The molecule has 1 aromatic carbocycles. The number of Topliss-reactive ketones (excluding diaryl/α,β-unsaturated/α-hetero) is 1. The van der Waals surface area contributed by atoms with E-state index >= 15 is 0 Å². The van der Waals surface area contributed by atoms with Gasteiger partial charge in [0.25, 0.3) is 0 Å². The molecule has 7 nitrogen and oxygen atoms in total. The van der Waals surface area contributed by atoms with Gasteiger partial charge >= 0.3 is 11.9 Å². The molecule has 2 rings (SSSR count). The van der Waals surface area contributed by atoms with Crippen molar-refractivity contribution in [2.24, 2.45) is 0 Å². The van der Waals surface area contributed by atoms with Gasteiger partial charge in [-0.1, -0.05) is 11.6 Å². The van der Waals surface area contributed by atoms with Crippen LogP contribution in [0.4, 0.5) is 0 Å². The molecule has 2 N–H and O–H groups in total. The smallest absolute Gasteiger partial charge is 0.342 e. The summed E-state index contributed by atoms with van der Waals surface area (Å²) in [6.07, 6.45) is -1.14. The number of carbonyl (C=O) groups is 3. The number of aromatic amines is 1. The molecule has 0 aliphatic carbocycles. The Morgan fingerprint density at radius 1 is 1.19 bits per heavy atom. The van der Waals surface area contributed by atoms with E-state index in [0.717, 1.165) is 0 Å². The Bertz CT molecular complexity index is 886. The Balaban J connectivity index is 2.22. The summed E-state index contributed by atoms with van der Waals surface area (Å²) in [5.74, 6) is -2.29. The van der Waals surface area contributed by atoms with E-state index in [0.29, 0.717) is 11.3 Å². The first-order valence-electron chi connectivity index (χ1n) is 7.68. The Hall–Kier alpha value is -2.80. The number of phenols is 1. The number of ether oxygens (including phenoxy) is 2. The summed E-state index contributed by atoms with van der Waals surface area (Å²) >= 11 is 5.72. The largest absolute Gasteiger partial charge is 0.507 e. The molecule has 0 aliphatic rings. The van der Waals surface area contributed by atoms with Gasteiger partial charge in [-0.2, -0.15) is 0 Å². The molecule has 0 amide bonds. The number of aromatic hydroxyl groups is 1. The summed E-state index contributed by atoms with van der Waals surface area (Å²) in [6, 6.07) is 3.92. The van der Waals surface area contributed by atoms with Crippen molar-refractivity contribution in [3.63, 3.8) is 0 Å². The first kappa shape index (κ1) is 19.5. The van der Waals surface area contributed by atoms with E-state index in [1.807, 2.05) is 0 Å². The summed E-state index contributed by atoms with van der Waals surface area (Å²) in [5, 5.41) is 10.0. The lowest BCUT2D eigenvalue weighted by Gasteiger charge is -2.13. The minimum atomic E-state index is -1.14. The van der Waals surface area contributed by atoms with Crippen molar-refractivity contribution < 1.29 is 29.0 Å². The van der Waals surface area contributed by atoms with Crippen molar-refractivity contribution in [3.8, 4) is 5.75 Å². The Morgan fingerprint density at radius 3 is 2.42 bits per heavy atom. The first-order valence-corrected chi connectivity index (χ1v) is 8.06. The SMILES string of the molecule is COC(=O)c1c(C)[nH]c(C(=O)[C@@H](C)OC(=O)c2ccc(Cl)cc2O)c1C. The fourth-order valence-electron chi connectivity index (χ4n) is 2.56. The van der Waals surface area contributed by atoms with Crippen LogP contribution in [-0.4, -0.2) is 41.0 Å². The number of methoxy groups -OCH3 is 1. The Morgan fingerprint density at radius 2 is 1.85 bits per heavy atom. The minimum Gasteiger partial charge on any atom is -0.507 e. The third-order valence-electron chi connectivity index (χ3n) is 3.91. The van der Waals surface area contributed by atoms with Crippen molar-refractivity contribution in [2.45, 2.75) is 26.9 Å². The second-order valence-electron chi connectivity index (χ2n) is 5.69. The fraction of sp³-hybridized carbons (Fsp3) is 0.278. The number of benzene rings is 1. The van der Waals surface area contributed by atoms with E-state index in [-0.39, 0.29) is 27.6 Å². The molecule has 0 unspecified atom stereocenters. The zero-order valence-corrected chi connectivity index (χ0v) is 15.4. The lowest BCUT2D eigenvalue weighted by atomic mass is 10.1. The zero-order valence-electron chi connectivity index (χ0n) is 14.7. The lowest BCUT2D eigenvalue weighted by Crippen LogP contribution is -2.25. The van der Waals surface area contributed by atoms with Crippen LogP contribution in [0.2, 0.25) is 5.02 Å². The van der Waals surface area contributed by atoms with Gasteiger partial charge < -0.3 is 19.6 Å². The molecule has 2 aromatic rings. The van der Waals surface area contributed by atoms with E-state index in [2.05, 4.69) is 4.98 Å². The topological polar surface area (TPSA) is 106 Å². The number of halogens is 1. The average Bonchev–Trinajstić information content (AvgIpc) is 2.87. The third-order valence-corrected chi connectivity index (χ3v) is 4.14. The highest BCUT2D eigenvalue weighted by Crippen LogP contribution is 2.24. The molecule has 0 radical (unpaired) electrons. The predicted molar refractivity (Wildman–Crippen MR) is 93.9 cm³/mol. The molecule has 1 heterocycles. The molecule has 26 heavy (non-hydrogen) atoms. The number of carbonyl (C=O) groups excluding carboxylic acids is 3. The number of nitrogens with one attached hydrogen (secondary N) is 1. The number of H-pyrrole nitrogens is 1. The minimum absolute atomic E-state index is 0.108. The first-order chi connectivity index (χ1) is 12.2. The van der Waals surface area contributed by atoms with Gasteiger partial charge in [-0.25, -0.2) is 9.59 Å². The van der Waals surface area contributed by atoms with Crippen LogP contribution < -0.4 is 0 Å². The van der Waals surface area contributed by atoms with Crippen LogP contribution in [0.3, 0.4) is 0 Å². The third kappa shape index (κ3) is 3.72. The summed E-state index contributed by atoms with van der Waals surface area (Å²) < 4.78 is 9.84. The molecule has 0 aliphatic heterocycles. The van der Waals surface area contributed by atoms with E-state index in [4.69, 9.17) is 21.1 Å². The number of esters is 2. The van der Waals surface area contributed by atoms with E-state index < -0.39 is 23.8 Å². The van der Waals surface area contributed by atoms with Crippen molar-refractivity contribution >= 4 is 29.3 Å². The average molecular weight is 380 g/mol. The molecular weight excluding hydrogens is 362 g/mol. The van der Waals surface area contributed by atoms with Crippen LogP contribution >= 0.6 is 11.6 Å². The van der Waals surface area contributed by atoms with Crippen molar-refractivity contribution in [3.05, 3.63) is 51.3 Å². The second kappa shape index (κ2) is 7.61. The maximum absolute atomic E-state index is 12.6. The van der Waals surface area contributed by atoms with Crippen LogP contribution in [0, 0.1) is 13.8 Å². The fourth-order valence-corrected chi connectivity index (χ4v) is 2.73. The molecule has 0 bridgehead atoms. The molecular formula is C18H18ClNO6. The Labute approximate surface area is 154 Å². The van der Waals surface area contributed by atoms with Crippen LogP contribution in [0.1, 0.15) is 49.4 Å². The summed E-state index contributed by atoms with van der Waals surface area (Å²) in [7, 11) is 1.25. The number of hydrogen-bond donors (Lipinski definition) is 2. The highest BCUT2D eigenvalue weighted by atomic mass is 35.5. The summed E-state index contributed by atoms with van der Waals surface area (Å²) in [4.78, 5) is 39.4. The normalized spacial score (nSPS) is 11.7. The van der Waals surface area contributed by atoms with E-state index in [1.165, 1.54) is 32.2 Å². The van der Waals surface area contributed by atoms with E-state index in [9.17, 15) is 19.5 Å². The highest BCUT2D eigenvalue weighted by Gasteiger charge is 2.28. The van der Waals surface area contributed by atoms with Gasteiger partial charge in [0.15, 0.2) is 6.10 Å². The maximum Gasteiger partial charge on any atom is 0.342 e. The van der Waals surface area contributed by atoms with Gasteiger partial charge in [-0.05, 0) is 44.5 Å². The molecule has 8 heteroatoms. The number of hydrogen-bond acceptors (Lipinski definition) is 6. The standard InChI is InChI=1S/C18H18ClNO6/c1-8-14(18(24)25-4)9(2)20-15(8)16(22)10(3)26-17(23)12-6-5-11(19)7-13(12)21/h5-7,10,20-21H,1-4H3/t10-/m1/s1. The number of ketones is 1. The number of aromatic nitrogens is 1. The highest BCUT2D eigenvalue weighted by molar-refractivity contribution is 6.30.